The van der Waals surface area contributed by atoms with Crippen molar-refractivity contribution in [1.82, 2.24) is 0 Å². The molecule has 3 nitrogen and oxygen atoms in total. The van der Waals surface area contributed by atoms with Gasteiger partial charge in [-0.05, 0) is 24.3 Å². The molecular weight excluding hydrogens is 260 g/mol. The number of hydrogen-bond acceptors (Lipinski definition) is 3. The van der Waals surface area contributed by atoms with Crippen LogP contribution in [0.4, 0.5) is 0 Å². The van der Waals surface area contributed by atoms with E-state index in [4.69, 9.17) is 11.6 Å². The van der Waals surface area contributed by atoms with Crippen molar-refractivity contribution < 1.29 is 13.5 Å². The summed E-state index contributed by atoms with van der Waals surface area (Å²) in [6.45, 7) is 5.20. The lowest BCUT2D eigenvalue weighted by atomic mass is 9.95. The van der Waals surface area contributed by atoms with E-state index in [0.717, 1.165) is 5.41 Å². The topological polar surface area (TPSA) is 54.4 Å². The Labute approximate surface area is 107 Å². The number of halogens is 1. The quantitative estimate of drug-likeness (QED) is 0.839. The van der Waals surface area contributed by atoms with Gasteiger partial charge in [-0.15, -0.1) is 0 Å². The molecule has 0 aromatic heterocycles. The predicted molar refractivity (Wildman–Crippen MR) is 68.8 cm³/mol. The van der Waals surface area contributed by atoms with E-state index in [2.05, 4.69) is 0 Å². The molecule has 0 heterocycles. The van der Waals surface area contributed by atoms with Gasteiger partial charge in [0.1, 0.15) is 5.76 Å². The Balaban J connectivity index is 3.18. The molecule has 0 radical (unpaired) electrons. The first-order valence-corrected chi connectivity index (χ1v) is 6.97. The molecular formula is C12H15ClO3S. The third-order valence-corrected chi connectivity index (χ3v) is 3.89. The van der Waals surface area contributed by atoms with Gasteiger partial charge in [0.15, 0.2) is 0 Å². The summed E-state index contributed by atoms with van der Waals surface area (Å²) in [5, 5.41) is 11.0. The highest BCUT2D eigenvalue weighted by Gasteiger charge is 2.20. The van der Waals surface area contributed by atoms with E-state index < -0.39 is 15.3 Å². The van der Waals surface area contributed by atoms with Crippen molar-refractivity contribution in [3.05, 3.63) is 40.5 Å². The van der Waals surface area contributed by atoms with Crippen molar-refractivity contribution in [2.75, 3.05) is 0 Å². The molecule has 0 bridgehead atoms. The molecule has 0 fully saturated rings. The minimum atomic E-state index is -3.63. The first kappa shape index (κ1) is 14.1. The highest BCUT2D eigenvalue weighted by atomic mass is 35.5. The summed E-state index contributed by atoms with van der Waals surface area (Å²) in [5.41, 5.74) is -0.598. The number of benzene rings is 1. The molecule has 0 spiro atoms. The number of allylic oxidation sites excluding steroid dienone is 1. The van der Waals surface area contributed by atoms with Gasteiger partial charge in [-0.2, -0.15) is 0 Å². The molecule has 17 heavy (non-hydrogen) atoms. The van der Waals surface area contributed by atoms with Crippen molar-refractivity contribution >= 4 is 21.4 Å². The Kier molecular flexibility index (Phi) is 3.89. The van der Waals surface area contributed by atoms with Gasteiger partial charge < -0.3 is 5.11 Å². The first-order valence-electron chi connectivity index (χ1n) is 5.05. The summed E-state index contributed by atoms with van der Waals surface area (Å²) < 4.78 is 23.8. The lowest BCUT2D eigenvalue weighted by Crippen LogP contribution is -2.11. The van der Waals surface area contributed by atoms with Crippen LogP contribution in [0.3, 0.4) is 0 Å². The molecule has 0 aliphatic heterocycles. The maximum atomic E-state index is 11.9. The Bertz CT molecular complexity index is 522. The fourth-order valence-corrected chi connectivity index (χ4v) is 2.44. The van der Waals surface area contributed by atoms with Crippen LogP contribution in [-0.4, -0.2) is 13.5 Å². The maximum absolute atomic E-state index is 11.9. The van der Waals surface area contributed by atoms with E-state index in [9.17, 15) is 13.5 Å². The van der Waals surface area contributed by atoms with Crippen LogP contribution in [0.2, 0.25) is 5.02 Å². The standard InChI is InChI=1S/C12H15ClO3S/c1-12(2,3)11(14)8-17(15,16)10-6-4-9(13)5-7-10/h4-8,14H,1-3H3. The van der Waals surface area contributed by atoms with E-state index >= 15 is 0 Å². The van der Waals surface area contributed by atoms with Crippen LogP contribution in [0.25, 0.3) is 0 Å². The third-order valence-electron chi connectivity index (χ3n) is 2.18. The molecule has 1 rings (SSSR count). The van der Waals surface area contributed by atoms with E-state index in [0.29, 0.717) is 5.02 Å². The monoisotopic (exact) mass is 274 g/mol. The van der Waals surface area contributed by atoms with Crippen LogP contribution in [0.5, 0.6) is 0 Å². The molecule has 1 aromatic rings. The van der Waals surface area contributed by atoms with Gasteiger partial charge in [0.2, 0.25) is 9.84 Å². The second-order valence-corrected chi connectivity index (χ2v) is 6.99. The number of aliphatic hydroxyl groups excluding tert-OH is 1. The minimum Gasteiger partial charge on any atom is -0.511 e. The molecule has 1 aromatic carbocycles. The number of hydrogen-bond donors (Lipinski definition) is 1. The molecule has 1 N–H and O–H groups in total. The zero-order chi connectivity index (χ0) is 13.3. The van der Waals surface area contributed by atoms with Crippen LogP contribution in [0.1, 0.15) is 20.8 Å². The molecule has 94 valence electrons. The minimum absolute atomic E-state index is 0.109. The summed E-state index contributed by atoms with van der Waals surface area (Å²) in [6, 6.07) is 5.81. The molecule has 5 heteroatoms. The van der Waals surface area contributed by atoms with Gasteiger partial charge in [-0.25, -0.2) is 8.42 Å². The van der Waals surface area contributed by atoms with Crippen LogP contribution in [0, 0.1) is 5.41 Å². The van der Waals surface area contributed by atoms with E-state index in [1.807, 2.05) is 0 Å². The normalized spacial score (nSPS) is 13.8. The molecule has 0 aliphatic carbocycles. The van der Waals surface area contributed by atoms with Gasteiger partial charge in [0, 0.05) is 10.4 Å². The zero-order valence-corrected chi connectivity index (χ0v) is 11.5. The molecule has 0 aliphatic rings. The van der Waals surface area contributed by atoms with Crippen LogP contribution in [0.15, 0.2) is 40.3 Å². The molecule has 0 unspecified atom stereocenters. The second-order valence-electron chi connectivity index (χ2n) is 4.75. The molecule has 0 amide bonds. The number of rotatable bonds is 2. The summed E-state index contributed by atoms with van der Waals surface area (Å²) >= 11 is 5.68. The van der Waals surface area contributed by atoms with Crippen molar-refractivity contribution in [2.45, 2.75) is 25.7 Å². The maximum Gasteiger partial charge on any atom is 0.203 e. The summed E-state index contributed by atoms with van der Waals surface area (Å²) in [5.74, 6) is -0.174. The Morgan fingerprint density at radius 1 is 1.24 bits per heavy atom. The van der Waals surface area contributed by atoms with Crippen LogP contribution < -0.4 is 0 Å². The smallest absolute Gasteiger partial charge is 0.203 e. The van der Waals surface area contributed by atoms with Gasteiger partial charge in [0.05, 0.1) is 10.3 Å². The van der Waals surface area contributed by atoms with E-state index in [1.54, 1.807) is 20.8 Å². The third kappa shape index (κ3) is 3.75. The van der Waals surface area contributed by atoms with E-state index in [1.165, 1.54) is 24.3 Å². The zero-order valence-electron chi connectivity index (χ0n) is 9.94. The van der Waals surface area contributed by atoms with Crippen molar-refractivity contribution in [2.24, 2.45) is 5.41 Å². The molecule has 0 saturated carbocycles. The SMILES string of the molecule is CC(C)(C)C(O)=CS(=O)(=O)c1ccc(Cl)cc1. The fraction of sp³-hybridized carbons (Fsp3) is 0.333. The average molecular weight is 275 g/mol. The van der Waals surface area contributed by atoms with Gasteiger partial charge >= 0.3 is 0 Å². The van der Waals surface area contributed by atoms with Crippen LogP contribution in [-0.2, 0) is 9.84 Å². The van der Waals surface area contributed by atoms with Crippen molar-refractivity contribution in [1.29, 1.82) is 0 Å². The highest BCUT2D eigenvalue weighted by molar-refractivity contribution is 7.94. The lowest BCUT2D eigenvalue weighted by molar-refractivity contribution is 0.278. The summed E-state index contributed by atoms with van der Waals surface area (Å²) in [4.78, 5) is 0.109. The highest BCUT2D eigenvalue weighted by Crippen LogP contribution is 2.25. The largest absolute Gasteiger partial charge is 0.511 e. The van der Waals surface area contributed by atoms with Gasteiger partial charge in [-0.3, -0.25) is 0 Å². The number of sulfone groups is 1. The van der Waals surface area contributed by atoms with Gasteiger partial charge in [-0.1, -0.05) is 32.4 Å². The second kappa shape index (κ2) is 4.70. The average Bonchev–Trinajstić information content (AvgIpc) is 2.16. The molecule has 0 saturated heterocycles. The Morgan fingerprint density at radius 3 is 2.12 bits per heavy atom. The van der Waals surface area contributed by atoms with E-state index in [-0.39, 0.29) is 10.7 Å². The Morgan fingerprint density at radius 2 is 1.71 bits per heavy atom. The summed E-state index contributed by atoms with van der Waals surface area (Å²) in [7, 11) is -3.63. The fourth-order valence-electron chi connectivity index (χ4n) is 1.02. The lowest BCUT2D eigenvalue weighted by Gasteiger charge is -2.16. The van der Waals surface area contributed by atoms with Crippen molar-refractivity contribution in [3.8, 4) is 0 Å². The first-order chi connectivity index (χ1) is 7.63. The van der Waals surface area contributed by atoms with Crippen LogP contribution >= 0.6 is 11.6 Å². The molecule has 0 atom stereocenters. The summed E-state index contributed by atoms with van der Waals surface area (Å²) in [6.07, 6.45) is 0. The van der Waals surface area contributed by atoms with Gasteiger partial charge in [0.25, 0.3) is 0 Å². The van der Waals surface area contributed by atoms with Crippen molar-refractivity contribution in [3.63, 3.8) is 0 Å². The Hall–Kier alpha value is -1.00. The number of aliphatic hydroxyl groups is 1. The predicted octanol–water partition coefficient (Wildman–Crippen LogP) is 3.56.